The molecule has 0 aliphatic carbocycles. The maximum absolute atomic E-state index is 6.08. The molecule has 0 spiro atoms. The highest BCUT2D eigenvalue weighted by Crippen LogP contribution is 2.32. The maximum atomic E-state index is 6.08. The van der Waals surface area contributed by atoms with Gasteiger partial charge in [0.25, 0.3) is 0 Å². The van der Waals surface area contributed by atoms with E-state index in [1.165, 1.54) is 6.33 Å². The third-order valence-electron chi connectivity index (χ3n) is 4.13. The minimum atomic E-state index is 0.486. The van der Waals surface area contributed by atoms with Gasteiger partial charge in [0.05, 0.1) is 18.3 Å². The van der Waals surface area contributed by atoms with E-state index in [0.717, 1.165) is 49.7 Å². The molecule has 4 rings (SSSR count). The van der Waals surface area contributed by atoms with Crippen molar-refractivity contribution in [2.24, 2.45) is 0 Å². The molecule has 0 unspecified atom stereocenters. The molecule has 4 heterocycles. The summed E-state index contributed by atoms with van der Waals surface area (Å²) in [5, 5.41) is 11.4. The summed E-state index contributed by atoms with van der Waals surface area (Å²) in [7, 11) is 0. The van der Waals surface area contributed by atoms with Crippen molar-refractivity contribution in [2.45, 2.75) is 0 Å². The molecule has 0 aromatic carbocycles. The van der Waals surface area contributed by atoms with Crippen molar-refractivity contribution in [1.29, 1.82) is 0 Å². The van der Waals surface area contributed by atoms with Gasteiger partial charge in [-0.25, -0.2) is 15.0 Å². The Morgan fingerprint density at radius 2 is 1.95 bits per heavy atom. The van der Waals surface area contributed by atoms with Crippen molar-refractivity contribution in [2.75, 3.05) is 43.4 Å². The quantitative estimate of drug-likeness (QED) is 0.843. The van der Waals surface area contributed by atoms with Gasteiger partial charge in [0.2, 0.25) is 0 Å². The van der Waals surface area contributed by atoms with Crippen LogP contribution in [-0.2, 0) is 0 Å². The molecule has 1 saturated heterocycles. The smallest absolute Gasteiger partial charge is 0.142 e. The van der Waals surface area contributed by atoms with E-state index in [9.17, 15) is 0 Å². The second-order valence-corrected chi connectivity index (χ2v) is 5.39. The molecule has 0 radical (unpaired) electrons. The van der Waals surface area contributed by atoms with Crippen LogP contribution in [0.4, 0.5) is 11.6 Å². The molecule has 0 amide bonds. The molecule has 0 atom stereocenters. The molecule has 2 aliphatic rings. The predicted molar refractivity (Wildman–Crippen MR) is 83.7 cm³/mol. The number of hydrogen-bond donors (Lipinski definition) is 2. The van der Waals surface area contributed by atoms with E-state index in [-0.39, 0.29) is 0 Å². The van der Waals surface area contributed by atoms with Crippen LogP contribution in [-0.4, -0.2) is 62.9 Å². The molecular weight excluding hydrogens is 280 g/mol. The molecule has 22 heavy (non-hydrogen) atoms. The second kappa shape index (κ2) is 5.30. The number of H-pyrrole nitrogens is 1. The van der Waals surface area contributed by atoms with Crippen LogP contribution in [0.2, 0.25) is 0 Å². The normalized spacial score (nSPS) is 18.5. The minimum absolute atomic E-state index is 0.486. The summed E-state index contributed by atoms with van der Waals surface area (Å²) in [6, 6.07) is 0. The zero-order valence-corrected chi connectivity index (χ0v) is 12.2. The summed E-state index contributed by atoms with van der Waals surface area (Å²) in [5.41, 5.74) is 7.85. The van der Waals surface area contributed by atoms with E-state index in [0.29, 0.717) is 5.82 Å². The largest absolute Gasteiger partial charge is 0.383 e. The summed E-state index contributed by atoms with van der Waals surface area (Å²) in [6.07, 6.45) is 9.38. The first kappa shape index (κ1) is 13.1. The van der Waals surface area contributed by atoms with Crippen LogP contribution in [0, 0.1) is 0 Å². The van der Waals surface area contributed by atoms with Gasteiger partial charge >= 0.3 is 0 Å². The van der Waals surface area contributed by atoms with Gasteiger partial charge in [-0.05, 0) is 6.08 Å². The summed E-state index contributed by atoms with van der Waals surface area (Å²) in [5.74, 6) is 1.37. The fraction of sp³-hybridized carbons (Fsp3) is 0.357. The number of nitrogen functional groups attached to an aromatic ring is 1. The lowest BCUT2D eigenvalue weighted by atomic mass is 10.1. The number of aromatic amines is 1. The van der Waals surface area contributed by atoms with Gasteiger partial charge < -0.3 is 15.6 Å². The van der Waals surface area contributed by atoms with Gasteiger partial charge in [-0.1, -0.05) is 0 Å². The minimum Gasteiger partial charge on any atom is -0.383 e. The summed E-state index contributed by atoms with van der Waals surface area (Å²) >= 11 is 0. The van der Waals surface area contributed by atoms with Gasteiger partial charge in [0, 0.05) is 44.1 Å². The van der Waals surface area contributed by atoms with Crippen LogP contribution in [0.15, 0.2) is 31.0 Å². The molecule has 3 N–H and O–H groups in total. The number of hydrazine groups is 1. The van der Waals surface area contributed by atoms with E-state index < -0.39 is 0 Å². The van der Waals surface area contributed by atoms with Gasteiger partial charge in [-0.2, -0.15) is 5.10 Å². The number of rotatable bonds is 3. The van der Waals surface area contributed by atoms with Crippen LogP contribution in [0.25, 0.3) is 11.1 Å². The first-order valence-electron chi connectivity index (χ1n) is 7.35. The van der Waals surface area contributed by atoms with Gasteiger partial charge in [0.1, 0.15) is 18.0 Å². The number of piperazine rings is 1. The van der Waals surface area contributed by atoms with E-state index in [2.05, 4.69) is 47.4 Å². The molecule has 2 aromatic rings. The third-order valence-corrected chi connectivity index (χ3v) is 4.13. The second-order valence-electron chi connectivity index (χ2n) is 5.39. The fourth-order valence-electron chi connectivity index (χ4n) is 2.87. The third kappa shape index (κ3) is 2.17. The number of nitrogens with two attached hydrogens (primary N) is 1. The summed E-state index contributed by atoms with van der Waals surface area (Å²) in [6.45, 7) is 4.77. The highest BCUT2D eigenvalue weighted by Gasteiger charge is 2.25. The number of nitrogens with zero attached hydrogens (tertiary/aromatic N) is 6. The zero-order valence-electron chi connectivity index (χ0n) is 12.2. The first-order chi connectivity index (χ1) is 10.8. The molecule has 8 nitrogen and oxygen atoms in total. The SMILES string of the molecule is Nc1ncnc(N2CCN(N3C=CC3)CC2)c1-c1cn[nH]c1. The van der Waals surface area contributed by atoms with Crippen molar-refractivity contribution < 1.29 is 0 Å². The average Bonchev–Trinajstić information content (AvgIpc) is 3.00. The van der Waals surface area contributed by atoms with Crippen molar-refractivity contribution in [3.63, 3.8) is 0 Å². The Hall–Kier alpha value is -2.61. The predicted octanol–water partition coefficient (Wildman–Crippen LogP) is 0.315. The number of anilines is 2. The van der Waals surface area contributed by atoms with Crippen LogP contribution >= 0.6 is 0 Å². The first-order valence-corrected chi connectivity index (χ1v) is 7.35. The lowest BCUT2D eigenvalue weighted by Crippen LogP contribution is -2.54. The Bertz CT molecular complexity index is 672. The Balaban J connectivity index is 1.58. The van der Waals surface area contributed by atoms with Crippen molar-refractivity contribution in [3.8, 4) is 11.1 Å². The molecule has 114 valence electrons. The molecular formula is C14H18N8. The van der Waals surface area contributed by atoms with E-state index in [4.69, 9.17) is 5.73 Å². The number of aromatic nitrogens is 4. The Kier molecular flexibility index (Phi) is 3.15. The van der Waals surface area contributed by atoms with Crippen LogP contribution in [0.1, 0.15) is 0 Å². The Morgan fingerprint density at radius 1 is 1.14 bits per heavy atom. The molecule has 2 aliphatic heterocycles. The zero-order chi connectivity index (χ0) is 14.9. The van der Waals surface area contributed by atoms with Gasteiger partial charge in [-0.15, -0.1) is 0 Å². The summed E-state index contributed by atoms with van der Waals surface area (Å²) in [4.78, 5) is 10.9. The molecule has 0 bridgehead atoms. The fourth-order valence-corrected chi connectivity index (χ4v) is 2.87. The van der Waals surface area contributed by atoms with Crippen LogP contribution in [0.3, 0.4) is 0 Å². The van der Waals surface area contributed by atoms with Gasteiger partial charge in [0.15, 0.2) is 0 Å². The average molecular weight is 298 g/mol. The Morgan fingerprint density at radius 3 is 2.59 bits per heavy atom. The number of hydrogen-bond acceptors (Lipinski definition) is 7. The van der Waals surface area contributed by atoms with E-state index in [1.807, 2.05) is 6.20 Å². The van der Waals surface area contributed by atoms with E-state index >= 15 is 0 Å². The van der Waals surface area contributed by atoms with Gasteiger partial charge in [-0.3, -0.25) is 5.10 Å². The summed E-state index contributed by atoms with van der Waals surface area (Å²) < 4.78 is 0. The highest BCUT2D eigenvalue weighted by atomic mass is 15.6. The maximum Gasteiger partial charge on any atom is 0.142 e. The standard InChI is InChI=1S/C14H18N8/c15-13-12(11-8-18-19-9-11)14(17-10-16-13)20-4-6-22(7-5-20)21-2-1-3-21/h1-2,8-10H,3-7H2,(H,18,19)(H2,15,16,17). The molecule has 2 aromatic heterocycles. The van der Waals surface area contributed by atoms with Crippen LogP contribution in [0.5, 0.6) is 0 Å². The van der Waals surface area contributed by atoms with Crippen molar-refractivity contribution in [1.82, 2.24) is 30.2 Å². The molecule has 1 fully saturated rings. The monoisotopic (exact) mass is 298 g/mol. The lowest BCUT2D eigenvalue weighted by Gasteiger charge is -2.43. The molecule has 8 heteroatoms. The topological polar surface area (TPSA) is 90.2 Å². The number of nitrogens with one attached hydrogen (secondary N) is 1. The highest BCUT2D eigenvalue weighted by molar-refractivity contribution is 5.83. The van der Waals surface area contributed by atoms with Crippen LogP contribution < -0.4 is 10.6 Å². The van der Waals surface area contributed by atoms with E-state index in [1.54, 1.807) is 6.20 Å². The van der Waals surface area contributed by atoms with Crippen molar-refractivity contribution in [3.05, 3.63) is 31.0 Å². The Labute approximate surface area is 128 Å². The molecule has 0 saturated carbocycles. The lowest BCUT2D eigenvalue weighted by molar-refractivity contribution is 0.0109. The van der Waals surface area contributed by atoms with Crippen molar-refractivity contribution >= 4 is 11.6 Å².